The summed E-state index contributed by atoms with van der Waals surface area (Å²) >= 11 is 6.08. The van der Waals surface area contributed by atoms with Gasteiger partial charge in [0.15, 0.2) is 0 Å². The Bertz CT molecular complexity index is 587. The molecule has 1 fully saturated rings. The molecule has 0 spiro atoms. The number of fused-ring (bicyclic) bond motifs is 1. The fourth-order valence-electron chi connectivity index (χ4n) is 3.21. The molecular formula is C16H21ClN2O. The van der Waals surface area contributed by atoms with Gasteiger partial charge in [0, 0.05) is 12.6 Å². The molecule has 0 atom stereocenters. The quantitative estimate of drug-likeness (QED) is 0.783. The van der Waals surface area contributed by atoms with Crippen LogP contribution in [0.1, 0.15) is 37.9 Å². The van der Waals surface area contributed by atoms with Crippen LogP contribution in [0.25, 0.3) is 11.0 Å². The molecule has 0 unspecified atom stereocenters. The SMILES string of the molecule is COc1ccc2nc(CCl)n(CC3CCCCC3)c2c1. The van der Waals surface area contributed by atoms with E-state index in [1.54, 1.807) is 7.11 Å². The van der Waals surface area contributed by atoms with Gasteiger partial charge >= 0.3 is 0 Å². The summed E-state index contributed by atoms with van der Waals surface area (Å²) in [5.41, 5.74) is 2.16. The lowest BCUT2D eigenvalue weighted by atomic mass is 9.89. The molecule has 0 amide bonds. The van der Waals surface area contributed by atoms with Crippen LogP contribution in [-0.4, -0.2) is 16.7 Å². The van der Waals surface area contributed by atoms with Gasteiger partial charge in [0.2, 0.25) is 0 Å². The molecule has 1 saturated carbocycles. The smallest absolute Gasteiger partial charge is 0.124 e. The van der Waals surface area contributed by atoms with Crippen molar-refractivity contribution in [2.24, 2.45) is 5.92 Å². The number of rotatable bonds is 4. The number of halogens is 1. The number of methoxy groups -OCH3 is 1. The Hall–Kier alpha value is -1.22. The normalized spacial score (nSPS) is 16.7. The molecule has 20 heavy (non-hydrogen) atoms. The molecule has 2 aromatic rings. The molecule has 0 bridgehead atoms. The maximum atomic E-state index is 6.08. The number of imidazole rings is 1. The van der Waals surface area contributed by atoms with Gasteiger partial charge in [-0.1, -0.05) is 19.3 Å². The van der Waals surface area contributed by atoms with Gasteiger partial charge in [-0.05, 0) is 30.9 Å². The second kappa shape index (κ2) is 6.04. The first-order chi connectivity index (χ1) is 9.81. The predicted octanol–water partition coefficient (Wildman–Crippen LogP) is 4.36. The maximum absolute atomic E-state index is 6.08. The van der Waals surface area contributed by atoms with Crippen molar-refractivity contribution in [2.75, 3.05) is 7.11 Å². The number of hydrogen-bond acceptors (Lipinski definition) is 2. The largest absolute Gasteiger partial charge is 0.497 e. The van der Waals surface area contributed by atoms with E-state index in [4.69, 9.17) is 16.3 Å². The zero-order valence-corrected chi connectivity index (χ0v) is 12.7. The molecule has 1 heterocycles. The third kappa shape index (κ3) is 2.64. The number of aromatic nitrogens is 2. The monoisotopic (exact) mass is 292 g/mol. The van der Waals surface area contributed by atoms with E-state index >= 15 is 0 Å². The molecule has 1 aromatic carbocycles. The summed E-state index contributed by atoms with van der Waals surface area (Å²) in [5, 5.41) is 0. The number of nitrogens with zero attached hydrogens (tertiary/aromatic N) is 2. The van der Waals surface area contributed by atoms with Gasteiger partial charge in [-0.25, -0.2) is 4.98 Å². The van der Waals surface area contributed by atoms with Crippen LogP contribution in [0.15, 0.2) is 18.2 Å². The average Bonchev–Trinajstić information content (AvgIpc) is 2.85. The lowest BCUT2D eigenvalue weighted by molar-refractivity contribution is 0.320. The van der Waals surface area contributed by atoms with Gasteiger partial charge in [-0.2, -0.15) is 0 Å². The summed E-state index contributed by atoms with van der Waals surface area (Å²) in [6.45, 7) is 1.03. The Morgan fingerprint density at radius 3 is 2.80 bits per heavy atom. The Labute approximate surface area is 124 Å². The van der Waals surface area contributed by atoms with Crippen LogP contribution >= 0.6 is 11.6 Å². The fourth-order valence-corrected chi connectivity index (χ4v) is 3.42. The van der Waals surface area contributed by atoms with Crippen molar-refractivity contribution in [3.63, 3.8) is 0 Å². The zero-order chi connectivity index (χ0) is 13.9. The van der Waals surface area contributed by atoms with E-state index in [1.165, 1.54) is 32.1 Å². The van der Waals surface area contributed by atoms with Gasteiger partial charge in [0.05, 0.1) is 24.0 Å². The van der Waals surface area contributed by atoms with Crippen molar-refractivity contribution in [3.05, 3.63) is 24.0 Å². The minimum Gasteiger partial charge on any atom is -0.497 e. The van der Waals surface area contributed by atoms with Crippen LogP contribution in [0.2, 0.25) is 0 Å². The molecule has 1 aliphatic rings. The number of alkyl halides is 1. The van der Waals surface area contributed by atoms with E-state index in [1.807, 2.05) is 12.1 Å². The second-order valence-electron chi connectivity index (χ2n) is 5.63. The third-order valence-corrected chi connectivity index (χ3v) is 4.56. The van der Waals surface area contributed by atoms with E-state index < -0.39 is 0 Å². The molecule has 0 aliphatic heterocycles. The molecule has 108 valence electrons. The Kier molecular flexibility index (Phi) is 4.16. The summed E-state index contributed by atoms with van der Waals surface area (Å²) in [6, 6.07) is 6.04. The van der Waals surface area contributed by atoms with Crippen molar-refractivity contribution in [1.82, 2.24) is 9.55 Å². The number of benzene rings is 1. The first-order valence-corrected chi connectivity index (χ1v) is 7.94. The minimum absolute atomic E-state index is 0.462. The fraction of sp³-hybridized carbons (Fsp3) is 0.562. The van der Waals surface area contributed by atoms with Crippen LogP contribution in [0.4, 0.5) is 0 Å². The van der Waals surface area contributed by atoms with Crippen molar-refractivity contribution >= 4 is 22.6 Å². The first-order valence-electron chi connectivity index (χ1n) is 7.41. The van der Waals surface area contributed by atoms with E-state index in [0.29, 0.717) is 5.88 Å². The molecule has 0 N–H and O–H groups in total. The van der Waals surface area contributed by atoms with Crippen LogP contribution in [0.3, 0.4) is 0 Å². The first kappa shape index (κ1) is 13.7. The lowest BCUT2D eigenvalue weighted by Crippen LogP contribution is -2.15. The molecule has 3 nitrogen and oxygen atoms in total. The van der Waals surface area contributed by atoms with Crippen molar-refractivity contribution in [1.29, 1.82) is 0 Å². The maximum Gasteiger partial charge on any atom is 0.124 e. The highest BCUT2D eigenvalue weighted by Crippen LogP contribution is 2.29. The summed E-state index contributed by atoms with van der Waals surface area (Å²) in [4.78, 5) is 4.65. The minimum atomic E-state index is 0.462. The summed E-state index contributed by atoms with van der Waals surface area (Å²) in [5.74, 6) is 3.07. The average molecular weight is 293 g/mol. The number of ether oxygens (including phenoxy) is 1. The van der Waals surface area contributed by atoms with Crippen molar-refractivity contribution in [2.45, 2.75) is 44.5 Å². The molecule has 1 aliphatic carbocycles. The van der Waals surface area contributed by atoms with Gasteiger partial charge in [0.1, 0.15) is 11.6 Å². The standard InChI is InChI=1S/C16H21ClN2O/c1-20-13-7-8-14-15(9-13)19(16(10-17)18-14)11-12-5-3-2-4-6-12/h7-9,12H,2-6,10-11H2,1H3. The highest BCUT2D eigenvalue weighted by atomic mass is 35.5. The van der Waals surface area contributed by atoms with E-state index in [-0.39, 0.29) is 0 Å². The third-order valence-electron chi connectivity index (χ3n) is 4.32. The Morgan fingerprint density at radius 2 is 2.10 bits per heavy atom. The Balaban J connectivity index is 1.97. The van der Waals surface area contributed by atoms with Crippen molar-refractivity contribution < 1.29 is 4.74 Å². The van der Waals surface area contributed by atoms with Crippen molar-refractivity contribution in [3.8, 4) is 5.75 Å². The van der Waals surface area contributed by atoms with Gasteiger partial charge in [-0.3, -0.25) is 0 Å². The summed E-state index contributed by atoms with van der Waals surface area (Å²) < 4.78 is 7.63. The van der Waals surface area contributed by atoms with E-state index in [2.05, 4.69) is 15.6 Å². The molecule has 1 aromatic heterocycles. The lowest BCUT2D eigenvalue weighted by Gasteiger charge is -2.23. The number of hydrogen-bond donors (Lipinski definition) is 0. The highest BCUT2D eigenvalue weighted by Gasteiger charge is 2.18. The van der Waals surface area contributed by atoms with E-state index in [9.17, 15) is 0 Å². The van der Waals surface area contributed by atoms with Crippen LogP contribution < -0.4 is 4.74 Å². The molecular weight excluding hydrogens is 272 g/mol. The van der Waals surface area contributed by atoms with Gasteiger partial charge < -0.3 is 9.30 Å². The second-order valence-corrected chi connectivity index (χ2v) is 5.90. The predicted molar refractivity (Wildman–Crippen MR) is 82.4 cm³/mol. The highest BCUT2D eigenvalue weighted by molar-refractivity contribution is 6.16. The molecule has 3 rings (SSSR count). The molecule has 0 saturated heterocycles. The summed E-state index contributed by atoms with van der Waals surface area (Å²) in [6.07, 6.45) is 6.75. The zero-order valence-electron chi connectivity index (χ0n) is 11.9. The summed E-state index contributed by atoms with van der Waals surface area (Å²) in [7, 11) is 1.70. The van der Waals surface area contributed by atoms with Crippen LogP contribution in [0.5, 0.6) is 5.75 Å². The van der Waals surface area contributed by atoms with Crippen LogP contribution in [-0.2, 0) is 12.4 Å². The van der Waals surface area contributed by atoms with Gasteiger partial charge in [-0.15, -0.1) is 11.6 Å². The van der Waals surface area contributed by atoms with Crippen LogP contribution in [0, 0.1) is 5.92 Å². The van der Waals surface area contributed by atoms with Gasteiger partial charge in [0.25, 0.3) is 0 Å². The topological polar surface area (TPSA) is 27.1 Å². The van der Waals surface area contributed by atoms with E-state index in [0.717, 1.165) is 35.1 Å². The molecule has 0 radical (unpaired) electrons. The Morgan fingerprint density at radius 1 is 1.30 bits per heavy atom. The molecule has 4 heteroatoms.